The normalized spacial score (nSPS) is 10.9. The fourth-order valence-electron chi connectivity index (χ4n) is 1.93. The van der Waals surface area contributed by atoms with E-state index in [1.54, 1.807) is 6.21 Å². The number of anilines is 1. The minimum atomic E-state index is 0.471. The third-order valence-corrected chi connectivity index (χ3v) is 3.49. The van der Waals surface area contributed by atoms with Gasteiger partial charge in [0, 0.05) is 5.69 Å². The Morgan fingerprint density at radius 1 is 1.05 bits per heavy atom. The number of aryl methyl sites for hydroxylation is 1. The molecule has 0 saturated carbocycles. The highest BCUT2D eigenvalue weighted by atomic mass is 32.1. The molecule has 114 valence electrons. The fraction of sp³-hybridized carbons (Fsp3) is 0.222. The SMILES string of the molecule is Cc1ccc(NC(=S)N/N=C/c2ccc(C(C)C)cc2)cc1. The Morgan fingerprint density at radius 2 is 1.68 bits per heavy atom. The van der Waals surface area contributed by atoms with Gasteiger partial charge in [0.25, 0.3) is 0 Å². The summed E-state index contributed by atoms with van der Waals surface area (Å²) in [5.41, 5.74) is 7.34. The van der Waals surface area contributed by atoms with Gasteiger partial charge in [-0.3, -0.25) is 5.43 Å². The first-order valence-electron chi connectivity index (χ1n) is 7.31. The number of rotatable bonds is 4. The lowest BCUT2D eigenvalue weighted by Gasteiger charge is -2.07. The van der Waals surface area contributed by atoms with E-state index in [1.165, 1.54) is 11.1 Å². The van der Waals surface area contributed by atoms with Gasteiger partial charge >= 0.3 is 0 Å². The summed E-state index contributed by atoms with van der Waals surface area (Å²) in [6, 6.07) is 16.4. The zero-order chi connectivity index (χ0) is 15.9. The second-order valence-corrected chi connectivity index (χ2v) is 5.92. The Hall–Kier alpha value is -2.20. The van der Waals surface area contributed by atoms with Crippen molar-refractivity contribution >= 4 is 29.2 Å². The Kier molecular flexibility index (Phi) is 5.67. The molecule has 0 bridgehead atoms. The molecule has 2 aromatic carbocycles. The van der Waals surface area contributed by atoms with Gasteiger partial charge in [-0.15, -0.1) is 0 Å². The molecule has 0 aliphatic rings. The van der Waals surface area contributed by atoms with Crippen molar-refractivity contribution in [3.05, 3.63) is 65.2 Å². The first-order chi connectivity index (χ1) is 10.5. The second kappa shape index (κ2) is 7.71. The van der Waals surface area contributed by atoms with E-state index in [1.807, 2.05) is 24.3 Å². The lowest BCUT2D eigenvalue weighted by Crippen LogP contribution is -2.23. The zero-order valence-electron chi connectivity index (χ0n) is 13.1. The maximum absolute atomic E-state index is 5.20. The van der Waals surface area contributed by atoms with E-state index in [2.05, 4.69) is 60.9 Å². The standard InChI is InChI=1S/C18H21N3S/c1-13(2)16-8-6-15(7-9-16)12-19-21-18(22)20-17-10-4-14(3)5-11-17/h4-13H,1-3H3,(H2,20,21,22)/b19-12+. The molecule has 0 amide bonds. The first-order valence-corrected chi connectivity index (χ1v) is 7.72. The molecule has 0 spiro atoms. The van der Waals surface area contributed by atoms with E-state index in [9.17, 15) is 0 Å². The highest BCUT2D eigenvalue weighted by Crippen LogP contribution is 2.13. The number of benzene rings is 2. The van der Waals surface area contributed by atoms with E-state index >= 15 is 0 Å². The Balaban J connectivity index is 1.86. The van der Waals surface area contributed by atoms with Crippen LogP contribution in [0.1, 0.15) is 36.5 Å². The van der Waals surface area contributed by atoms with E-state index in [-0.39, 0.29) is 0 Å². The minimum Gasteiger partial charge on any atom is -0.331 e. The van der Waals surface area contributed by atoms with Gasteiger partial charge in [0.15, 0.2) is 5.11 Å². The molecule has 2 rings (SSSR count). The van der Waals surface area contributed by atoms with Crippen molar-refractivity contribution in [1.82, 2.24) is 5.43 Å². The molecule has 0 saturated heterocycles. The Bertz CT molecular complexity index is 643. The van der Waals surface area contributed by atoms with Gasteiger partial charge < -0.3 is 5.32 Å². The van der Waals surface area contributed by atoms with Crippen LogP contribution < -0.4 is 10.7 Å². The molecule has 0 radical (unpaired) electrons. The number of nitrogens with one attached hydrogen (secondary N) is 2. The van der Waals surface area contributed by atoms with Crippen molar-refractivity contribution in [1.29, 1.82) is 0 Å². The van der Waals surface area contributed by atoms with Crippen LogP contribution in [0.25, 0.3) is 0 Å². The van der Waals surface area contributed by atoms with E-state index in [4.69, 9.17) is 12.2 Å². The Labute approximate surface area is 137 Å². The van der Waals surface area contributed by atoms with Crippen molar-refractivity contribution in [3.8, 4) is 0 Å². The van der Waals surface area contributed by atoms with Crippen molar-refractivity contribution in [2.24, 2.45) is 5.10 Å². The molecule has 0 atom stereocenters. The molecule has 0 aliphatic carbocycles. The summed E-state index contributed by atoms with van der Waals surface area (Å²) in [5, 5.41) is 7.71. The average molecular weight is 311 g/mol. The van der Waals surface area contributed by atoms with Gasteiger partial charge in [-0.2, -0.15) is 5.10 Å². The molecule has 0 aliphatic heterocycles. The average Bonchev–Trinajstić information content (AvgIpc) is 2.50. The lowest BCUT2D eigenvalue weighted by atomic mass is 10.0. The predicted molar refractivity (Wildman–Crippen MR) is 98.7 cm³/mol. The summed E-state index contributed by atoms with van der Waals surface area (Å²) in [6.45, 7) is 6.41. The zero-order valence-corrected chi connectivity index (χ0v) is 13.9. The quantitative estimate of drug-likeness (QED) is 0.498. The lowest BCUT2D eigenvalue weighted by molar-refractivity contribution is 0.866. The smallest absolute Gasteiger partial charge is 0.191 e. The van der Waals surface area contributed by atoms with E-state index in [0.29, 0.717) is 11.0 Å². The molecular weight excluding hydrogens is 290 g/mol. The predicted octanol–water partition coefficient (Wildman–Crippen LogP) is 4.44. The van der Waals surface area contributed by atoms with Crippen LogP contribution in [0, 0.1) is 6.92 Å². The van der Waals surface area contributed by atoms with E-state index < -0.39 is 0 Å². The van der Waals surface area contributed by atoms with Crippen molar-refractivity contribution in [3.63, 3.8) is 0 Å². The molecule has 2 N–H and O–H groups in total. The summed E-state index contributed by atoms with van der Waals surface area (Å²) in [4.78, 5) is 0. The molecule has 0 heterocycles. The fourth-order valence-corrected chi connectivity index (χ4v) is 2.10. The van der Waals surface area contributed by atoms with Crippen LogP contribution in [-0.4, -0.2) is 11.3 Å². The summed E-state index contributed by atoms with van der Waals surface area (Å²) < 4.78 is 0. The van der Waals surface area contributed by atoms with Crippen molar-refractivity contribution < 1.29 is 0 Å². The van der Waals surface area contributed by atoms with Crippen LogP contribution in [0.4, 0.5) is 5.69 Å². The van der Waals surface area contributed by atoms with Crippen molar-refractivity contribution in [2.45, 2.75) is 26.7 Å². The number of hydrogen-bond acceptors (Lipinski definition) is 2. The third-order valence-electron chi connectivity index (χ3n) is 3.29. The second-order valence-electron chi connectivity index (χ2n) is 5.51. The van der Waals surface area contributed by atoms with Crippen LogP contribution in [0.5, 0.6) is 0 Å². The summed E-state index contributed by atoms with van der Waals surface area (Å²) in [6.07, 6.45) is 1.76. The topological polar surface area (TPSA) is 36.4 Å². The summed E-state index contributed by atoms with van der Waals surface area (Å²) in [5.74, 6) is 0.537. The van der Waals surface area contributed by atoms with Crippen LogP contribution in [0.3, 0.4) is 0 Å². The molecule has 2 aromatic rings. The maximum atomic E-state index is 5.20. The monoisotopic (exact) mass is 311 g/mol. The van der Waals surface area contributed by atoms with Gasteiger partial charge in [0.2, 0.25) is 0 Å². The van der Waals surface area contributed by atoms with E-state index in [0.717, 1.165) is 11.3 Å². The van der Waals surface area contributed by atoms with Crippen LogP contribution in [0.15, 0.2) is 53.6 Å². The molecule has 0 fully saturated rings. The molecule has 4 heteroatoms. The van der Waals surface area contributed by atoms with Gasteiger partial charge in [0.05, 0.1) is 6.21 Å². The first kappa shape index (κ1) is 16.2. The molecule has 0 unspecified atom stereocenters. The third kappa shape index (κ3) is 4.97. The highest BCUT2D eigenvalue weighted by molar-refractivity contribution is 7.80. The van der Waals surface area contributed by atoms with Gasteiger partial charge in [-0.1, -0.05) is 55.8 Å². The summed E-state index contributed by atoms with van der Waals surface area (Å²) in [7, 11) is 0. The minimum absolute atomic E-state index is 0.471. The summed E-state index contributed by atoms with van der Waals surface area (Å²) >= 11 is 5.20. The van der Waals surface area contributed by atoms with Crippen molar-refractivity contribution in [2.75, 3.05) is 5.32 Å². The van der Waals surface area contributed by atoms with Gasteiger partial charge in [0.1, 0.15) is 0 Å². The number of hydrogen-bond donors (Lipinski definition) is 2. The number of nitrogens with zero attached hydrogens (tertiary/aromatic N) is 1. The largest absolute Gasteiger partial charge is 0.331 e. The highest BCUT2D eigenvalue weighted by Gasteiger charge is 1.98. The molecule has 0 aromatic heterocycles. The van der Waals surface area contributed by atoms with Crippen LogP contribution in [0.2, 0.25) is 0 Å². The van der Waals surface area contributed by atoms with Gasteiger partial charge in [-0.25, -0.2) is 0 Å². The maximum Gasteiger partial charge on any atom is 0.191 e. The number of hydrazone groups is 1. The number of thiocarbonyl (C=S) groups is 1. The van der Waals surface area contributed by atoms with Crippen LogP contribution >= 0.6 is 12.2 Å². The van der Waals surface area contributed by atoms with Gasteiger partial charge in [-0.05, 0) is 48.3 Å². The molecule has 3 nitrogen and oxygen atoms in total. The molecule has 22 heavy (non-hydrogen) atoms. The Morgan fingerprint density at radius 3 is 2.27 bits per heavy atom. The molecular formula is C18H21N3S. The van der Waals surface area contributed by atoms with Crippen LogP contribution in [-0.2, 0) is 0 Å².